The smallest absolute Gasteiger partial charge is 0.247 e. The van der Waals surface area contributed by atoms with Crippen molar-refractivity contribution >= 4 is 27.6 Å². The van der Waals surface area contributed by atoms with Crippen LogP contribution in [0.1, 0.15) is 22.3 Å². The van der Waals surface area contributed by atoms with Crippen molar-refractivity contribution in [1.29, 1.82) is 0 Å². The Morgan fingerprint density at radius 3 is 2.19 bits per heavy atom. The van der Waals surface area contributed by atoms with Crippen LogP contribution in [0, 0.1) is 27.7 Å². The van der Waals surface area contributed by atoms with Gasteiger partial charge in [-0.1, -0.05) is 17.7 Å². The van der Waals surface area contributed by atoms with E-state index < -0.39 is 10.0 Å². The fourth-order valence-corrected chi connectivity index (χ4v) is 3.85. The minimum atomic E-state index is -3.77. The molecular weight excluding hydrogens is 310 g/mol. The van der Waals surface area contributed by atoms with Crippen LogP contribution in [-0.4, -0.2) is 18.4 Å². The van der Waals surface area contributed by atoms with E-state index in [-0.39, 0.29) is 16.0 Å². The summed E-state index contributed by atoms with van der Waals surface area (Å²) < 4.78 is 27.6. The Labute approximate surface area is 129 Å². The fourth-order valence-electron chi connectivity index (χ4n) is 2.14. The first-order valence-electron chi connectivity index (χ1n) is 6.31. The second-order valence-electron chi connectivity index (χ2n) is 4.90. The maximum Gasteiger partial charge on any atom is 0.264 e. The number of hydrogen-bond acceptors (Lipinski definition) is 4. The minimum Gasteiger partial charge on any atom is -0.247 e. The van der Waals surface area contributed by atoms with E-state index in [2.05, 4.69) is 14.7 Å². The zero-order valence-corrected chi connectivity index (χ0v) is 13.8. The van der Waals surface area contributed by atoms with Gasteiger partial charge in [0.05, 0.1) is 4.90 Å². The van der Waals surface area contributed by atoms with Gasteiger partial charge < -0.3 is 0 Å². The Morgan fingerprint density at radius 1 is 1.10 bits per heavy atom. The molecule has 0 aliphatic carbocycles. The lowest BCUT2D eigenvalue weighted by molar-refractivity contribution is 0.599. The third-order valence-corrected chi connectivity index (χ3v) is 5.22. The Hall–Kier alpha value is -1.66. The highest BCUT2D eigenvalue weighted by Crippen LogP contribution is 2.27. The fraction of sp³-hybridized carbons (Fsp3) is 0.286. The van der Waals surface area contributed by atoms with Crippen LogP contribution in [0.15, 0.2) is 23.2 Å². The summed E-state index contributed by atoms with van der Waals surface area (Å²) in [6, 6.07) is 3.45. The minimum absolute atomic E-state index is 0.0412. The van der Waals surface area contributed by atoms with E-state index >= 15 is 0 Å². The quantitative estimate of drug-likeness (QED) is 0.880. The summed E-state index contributed by atoms with van der Waals surface area (Å²) in [7, 11) is -3.77. The second kappa shape index (κ2) is 5.61. The SMILES string of the molecule is Cc1cc(C)c(C)c(S(=O)(=O)Nc2nccc(Cl)n2)c1C. The number of anilines is 1. The van der Waals surface area contributed by atoms with Crippen molar-refractivity contribution in [2.24, 2.45) is 0 Å². The highest BCUT2D eigenvalue weighted by molar-refractivity contribution is 7.92. The van der Waals surface area contributed by atoms with Crippen molar-refractivity contribution in [3.63, 3.8) is 0 Å². The van der Waals surface area contributed by atoms with E-state index in [0.29, 0.717) is 11.1 Å². The highest BCUT2D eigenvalue weighted by atomic mass is 35.5. The molecule has 0 atom stereocenters. The molecular formula is C14H16ClN3O2S. The molecule has 7 heteroatoms. The van der Waals surface area contributed by atoms with Crippen LogP contribution >= 0.6 is 11.6 Å². The molecule has 1 aromatic carbocycles. The number of aromatic nitrogens is 2. The average Bonchev–Trinajstić information content (AvgIpc) is 2.35. The first kappa shape index (κ1) is 15.7. The molecule has 21 heavy (non-hydrogen) atoms. The van der Waals surface area contributed by atoms with Crippen molar-refractivity contribution < 1.29 is 8.42 Å². The molecule has 2 aromatic rings. The molecule has 2 rings (SSSR count). The summed E-state index contributed by atoms with van der Waals surface area (Å²) >= 11 is 5.75. The number of hydrogen-bond donors (Lipinski definition) is 1. The van der Waals surface area contributed by atoms with Gasteiger partial charge in [-0.25, -0.2) is 23.1 Å². The van der Waals surface area contributed by atoms with Crippen molar-refractivity contribution in [3.8, 4) is 0 Å². The molecule has 1 N–H and O–H groups in total. The molecule has 0 saturated carbocycles. The first-order valence-corrected chi connectivity index (χ1v) is 8.17. The molecule has 1 aromatic heterocycles. The lowest BCUT2D eigenvalue weighted by atomic mass is 10.0. The summed E-state index contributed by atoms with van der Waals surface area (Å²) in [5, 5.41) is 0.177. The van der Waals surface area contributed by atoms with Gasteiger partial charge in [-0.05, 0) is 56.0 Å². The zero-order valence-electron chi connectivity index (χ0n) is 12.2. The number of nitrogens with one attached hydrogen (secondary N) is 1. The van der Waals surface area contributed by atoms with Crippen molar-refractivity contribution in [2.45, 2.75) is 32.6 Å². The van der Waals surface area contributed by atoms with E-state index in [4.69, 9.17) is 11.6 Å². The van der Waals surface area contributed by atoms with Gasteiger partial charge in [0.15, 0.2) is 0 Å². The van der Waals surface area contributed by atoms with Crippen molar-refractivity contribution in [3.05, 3.63) is 45.7 Å². The summed E-state index contributed by atoms with van der Waals surface area (Å²) in [6.45, 7) is 7.34. The summed E-state index contributed by atoms with van der Waals surface area (Å²) in [5.41, 5.74) is 3.27. The van der Waals surface area contributed by atoms with Gasteiger partial charge in [0.1, 0.15) is 5.15 Å². The molecule has 0 bridgehead atoms. The molecule has 0 unspecified atom stereocenters. The van der Waals surface area contributed by atoms with E-state index in [1.165, 1.54) is 12.3 Å². The van der Waals surface area contributed by atoms with Crippen LogP contribution in [0.4, 0.5) is 5.95 Å². The van der Waals surface area contributed by atoms with Gasteiger partial charge in [-0.15, -0.1) is 0 Å². The lowest BCUT2D eigenvalue weighted by Crippen LogP contribution is -2.18. The summed E-state index contributed by atoms with van der Waals surface area (Å²) in [5.74, 6) is -0.0412. The van der Waals surface area contributed by atoms with Crippen molar-refractivity contribution in [2.75, 3.05) is 4.72 Å². The normalized spacial score (nSPS) is 11.5. The molecule has 0 amide bonds. The molecule has 0 aliphatic heterocycles. The van der Waals surface area contributed by atoms with Crippen LogP contribution in [-0.2, 0) is 10.0 Å². The van der Waals surface area contributed by atoms with Gasteiger partial charge in [0, 0.05) is 6.20 Å². The lowest BCUT2D eigenvalue weighted by Gasteiger charge is -2.16. The third kappa shape index (κ3) is 3.16. The predicted octanol–water partition coefficient (Wildman–Crippen LogP) is 3.16. The van der Waals surface area contributed by atoms with Gasteiger partial charge >= 0.3 is 0 Å². The Kier molecular flexibility index (Phi) is 4.20. The Balaban J connectivity index is 2.55. The monoisotopic (exact) mass is 325 g/mol. The maximum absolute atomic E-state index is 12.6. The highest BCUT2D eigenvalue weighted by Gasteiger charge is 2.23. The topological polar surface area (TPSA) is 72.0 Å². The molecule has 1 heterocycles. The Morgan fingerprint density at radius 2 is 1.67 bits per heavy atom. The Bertz CT molecular complexity index is 778. The molecule has 0 radical (unpaired) electrons. The number of halogens is 1. The van der Waals surface area contributed by atoms with Gasteiger partial charge in [-0.3, -0.25) is 0 Å². The van der Waals surface area contributed by atoms with E-state index in [1.54, 1.807) is 13.8 Å². The standard InChI is InChI=1S/C14H16ClN3O2S/c1-8-7-9(2)11(4)13(10(8)3)21(19,20)18-14-16-6-5-12(15)17-14/h5-7H,1-4H3,(H,16,17,18). The van der Waals surface area contributed by atoms with Gasteiger partial charge in [-0.2, -0.15) is 0 Å². The van der Waals surface area contributed by atoms with E-state index in [0.717, 1.165) is 11.1 Å². The number of aryl methyl sites for hydroxylation is 2. The van der Waals surface area contributed by atoms with Crippen LogP contribution in [0.2, 0.25) is 5.15 Å². The van der Waals surface area contributed by atoms with Crippen LogP contribution in [0.5, 0.6) is 0 Å². The van der Waals surface area contributed by atoms with Crippen LogP contribution in [0.3, 0.4) is 0 Å². The van der Waals surface area contributed by atoms with Crippen LogP contribution in [0.25, 0.3) is 0 Å². The first-order chi connectivity index (χ1) is 9.72. The largest absolute Gasteiger partial charge is 0.264 e. The van der Waals surface area contributed by atoms with Crippen molar-refractivity contribution in [1.82, 2.24) is 9.97 Å². The molecule has 112 valence electrons. The number of benzene rings is 1. The van der Waals surface area contributed by atoms with Gasteiger partial charge in [0.25, 0.3) is 10.0 Å². The number of rotatable bonds is 3. The predicted molar refractivity (Wildman–Crippen MR) is 83.2 cm³/mol. The van der Waals surface area contributed by atoms with Gasteiger partial charge in [0.2, 0.25) is 5.95 Å². The average molecular weight is 326 g/mol. The molecule has 0 spiro atoms. The summed E-state index contributed by atoms with van der Waals surface area (Å²) in [6.07, 6.45) is 1.40. The van der Waals surface area contributed by atoms with E-state index in [9.17, 15) is 8.42 Å². The maximum atomic E-state index is 12.6. The number of sulfonamides is 1. The zero-order chi connectivity index (χ0) is 15.8. The summed E-state index contributed by atoms with van der Waals surface area (Å²) in [4.78, 5) is 7.99. The molecule has 0 saturated heterocycles. The third-order valence-electron chi connectivity index (χ3n) is 3.41. The van der Waals surface area contributed by atoms with Crippen LogP contribution < -0.4 is 4.72 Å². The second-order valence-corrected chi connectivity index (χ2v) is 6.90. The molecule has 0 fully saturated rings. The molecule has 5 nitrogen and oxygen atoms in total. The number of nitrogens with zero attached hydrogens (tertiary/aromatic N) is 2. The molecule has 0 aliphatic rings. The van der Waals surface area contributed by atoms with E-state index in [1.807, 2.05) is 19.9 Å².